The van der Waals surface area contributed by atoms with Gasteiger partial charge in [-0.05, 0) is 151 Å². The van der Waals surface area contributed by atoms with Gasteiger partial charge in [0.1, 0.15) is 54.9 Å². The topological polar surface area (TPSA) is 267 Å². The third-order valence-corrected chi connectivity index (χ3v) is 14.1. The van der Waals surface area contributed by atoms with Crippen LogP contribution in [0.5, 0.6) is 74.7 Å². The standard InChI is InChI=1S/C64H64O17/c1-35-8-15-45(16-9-35)76-33-59(62(72)41-14-21-52(50(69)27-41)78-57(31-65)39-13-20-48(67)37(3)22-39)81-54-24-38(12-19-49(54)68)23-40-6-5-7-53(61(40)71)79-60(34-77-46-17-10-36(2)11-18-46)64(74)47-30-51(70)55-28-42(47)25-44-26-43(58(32-66)80-55)29-56(75-4)63(44)73/h5-22,24,26-30,57-60,62,64-74H,23,25,31-34H2,1-4H3. The van der Waals surface area contributed by atoms with E-state index in [9.17, 15) is 51.1 Å². The fraction of sp³-hybridized carbons (Fsp3) is 0.250. The van der Waals surface area contributed by atoms with E-state index in [-0.39, 0.29) is 100 Å². The Hall–Kier alpha value is -9.00. The maximum atomic E-state index is 12.4. The van der Waals surface area contributed by atoms with Gasteiger partial charge >= 0.3 is 0 Å². The van der Waals surface area contributed by atoms with Crippen LogP contribution in [0.25, 0.3) is 0 Å². The van der Waals surface area contributed by atoms with Crippen LogP contribution < -0.4 is 33.2 Å². The Morgan fingerprint density at radius 2 is 1.20 bits per heavy atom. The molecule has 6 unspecified atom stereocenters. The summed E-state index contributed by atoms with van der Waals surface area (Å²) in [7, 11) is 1.40. The van der Waals surface area contributed by atoms with Crippen molar-refractivity contribution in [2.75, 3.05) is 33.5 Å². The lowest BCUT2D eigenvalue weighted by molar-refractivity contribution is 0.00525. The number of para-hydroxylation sites is 1. The second-order valence-electron chi connectivity index (χ2n) is 20.0. The number of phenols is 6. The van der Waals surface area contributed by atoms with Crippen molar-refractivity contribution in [1.82, 2.24) is 0 Å². The number of rotatable bonds is 22. The first-order chi connectivity index (χ1) is 39.0. The van der Waals surface area contributed by atoms with Gasteiger partial charge in [0, 0.05) is 24.0 Å². The molecule has 1 aliphatic heterocycles. The maximum absolute atomic E-state index is 12.4. The Bertz CT molecular complexity index is 3470. The number of aromatic hydroxyl groups is 6. The Balaban J connectivity index is 0.981. The summed E-state index contributed by atoms with van der Waals surface area (Å²) in [5, 5.41) is 112. The highest BCUT2D eigenvalue weighted by molar-refractivity contribution is 5.56. The van der Waals surface area contributed by atoms with Crippen LogP contribution in [-0.2, 0) is 12.8 Å². The first kappa shape index (κ1) is 56.7. The molecule has 0 radical (unpaired) electrons. The van der Waals surface area contributed by atoms with Gasteiger partial charge in [-0.15, -0.1) is 0 Å². The predicted octanol–water partition coefficient (Wildman–Crippen LogP) is 9.69. The van der Waals surface area contributed by atoms with Crippen molar-refractivity contribution in [3.8, 4) is 74.7 Å². The molecule has 17 heteroatoms. The van der Waals surface area contributed by atoms with Gasteiger partial charge in [0.15, 0.2) is 69.7 Å². The van der Waals surface area contributed by atoms with E-state index in [2.05, 4.69) is 0 Å². The molecular weight excluding hydrogens is 1040 g/mol. The molecule has 1 heterocycles. The van der Waals surface area contributed by atoms with Gasteiger partial charge in [0.05, 0.1) is 20.3 Å². The van der Waals surface area contributed by atoms with Crippen molar-refractivity contribution in [2.45, 2.75) is 70.2 Å². The minimum absolute atomic E-state index is 0.0170. The van der Waals surface area contributed by atoms with Crippen molar-refractivity contribution in [1.29, 1.82) is 0 Å². The van der Waals surface area contributed by atoms with E-state index >= 15 is 0 Å². The SMILES string of the molecule is COc1cc2cc(c1O)Cc1cc(c(O)cc1C(O)C(COc1ccc(C)cc1)Oc1cccc(Cc3ccc(O)c(OC(COc4ccc(C)cc4)C(O)c4ccc(OC(CO)c5ccc(O)c(C)c5)c(O)c4)c3)c1O)OC2CO. The van der Waals surface area contributed by atoms with Crippen LogP contribution in [0.4, 0.5) is 0 Å². The number of aliphatic hydroxyl groups excluding tert-OH is 4. The molecule has 0 aromatic heterocycles. The molecular formula is C64H64O17. The molecule has 0 spiro atoms. The zero-order chi connectivity index (χ0) is 57.5. The molecule has 10 N–H and O–H groups in total. The number of benzene rings is 8. The number of aliphatic hydroxyl groups is 4. The van der Waals surface area contributed by atoms with E-state index in [4.69, 9.17) is 33.2 Å². The summed E-state index contributed by atoms with van der Waals surface area (Å²) >= 11 is 0. The van der Waals surface area contributed by atoms with Crippen molar-refractivity contribution < 1.29 is 84.2 Å². The summed E-state index contributed by atoms with van der Waals surface area (Å²) in [6.07, 6.45) is -7.18. The highest BCUT2D eigenvalue weighted by Crippen LogP contribution is 2.44. The van der Waals surface area contributed by atoms with Crippen molar-refractivity contribution in [3.63, 3.8) is 0 Å². The van der Waals surface area contributed by atoms with Gasteiger partial charge in [-0.3, -0.25) is 0 Å². The first-order valence-electron chi connectivity index (χ1n) is 26.1. The second-order valence-corrected chi connectivity index (χ2v) is 20.0. The number of methoxy groups -OCH3 is 1. The Kier molecular flexibility index (Phi) is 17.5. The largest absolute Gasteiger partial charge is 0.508 e. The van der Waals surface area contributed by atoms with Gasteiger partial charge < -0.3 is 84.2 Å². The summed E-state index contributed by atoms with van der Waals surface area (Å²) in [5.74, 6) is -0.243. The summed E-state index contributed by atoms with van der Waals surface area (Å²) in [5.41, 5.74) is 5.77. The Morgan fingerprint density at radius 3 is 1.84 bits per heavy atom. The third-order valence-electron chi connectivity index (χ3n) is 14.1. The normalized spacial score (nSPS) is 14.6. The Labute approximate surface area is 467 Å². The van der Waals surface area contributed by atoms with Crippen molar-refractivity contribution in [2.24, 2.45) is 0 Å². The Morgan fingerprint density at radius 1 is 0.543 bits per heavy atom. The van der Waals surface area contributed by atoms with Gasteiger partial charge in [-0.1, -0.05) is 65.7 Å². The maximum Gasteiger partial charge on any atom is 0.163 e. The van der Waals surface area contributed by atoms with Gasteiger partial charge in [-0.25, -0.2) is 0 Å². The number of fused-ring (bicyclic) bond motifs is 4. The molecule has 0 saturated carbocycles. The third kappa shape index (κ3) is 13.2. The zero-order valence-electron chi connectivity index (χ0n) is 44.9. The molecule has 81 heavy (non-hydrogen) atoms. The van der Waals surface area contributed by atoms with Crippen LogP contribution in [-0.4, -0.2) is 96.8 Å². The van der Waals surface area contributed by atoms with E-state index in [1.807, 2.05) is 38.1 Å². The number of hydrogen-bond acceptors (Lipinski definition) is 17. The van der Waals surface area contributed by atoms with Gasteiger partial charge in [-0.2, -0.15) is 0 Å². The van der Waals surface area contributed by atoms with Gasteiger partial charge in [0.25, 0.3) is 0 Å². The molecule has 6 atom stereocenters. The fourth-order valence-electron chi connectivity index (χ4n) is 9.48. The van der Waals surface area contributed by atoms with E-state index in [1.165, 1.54) is 55.6 Å². The molecule has 422 valence electrons. The van der Waals surface area contributed by atoms with Crippen LogP contribution >= 0.6 is 0 Å². The van der Waals surface area contributed by atoms with Crippen LogP contribution in [0.2, 0.25) is 0 Å². The van der Waals surface area contributed by atoms with E-state index in [0.29, 0.717) is 50.4 Å². The molecule has 1 aliphatic rings. The average molecular weight is 1110 g/mol. The summed E-state index contributed by atoms with van der Waals surface area (Å²) < 4.78 is 42.7. The molecule has 8 aromatic rings. The minimum Gasteiger partial charge on any atom is -0.508 e. The minimum atomic E-state index is -1.54. The van der Waals surface area contributed by atoms with E-state index in [0.717, 1.165) is 11.1 Å². The monoisotopic (exact) mass is 1100 g/mol. The molecule has 8 aromatic carbocycles. The number of ether oxygens (including phenoxy) is 7. The van der Waals surface area contributed by atoms with Crippen LogP contribution in [0.3, 0.4) is 0 Å². The predicted molar refractivity (Wildman–Crippen MR) is 299 cm³/mol. The first-order valence-corrected chi connectivity index (χ1v) is 26.1. The fourth-order valence-corrected chi connectivity index (χ4v) is 9.48. The second kappa shape index (κ2) is 25.0. The van der Waals surface area contributed by atoms with Crippen LogP contribution in [0, 0.1) is 20.8 Å². The molecule has 0 saturated heterocycles. The lowest BCUT2D eigenvalue weighted by Gasteiger charge is -2.27. The molecule has 9 rings (SSSR count). The summed E-state index contributed by atoms with van der Waals surface area (Å²) in [4.78, 5) is 0. The molecule has 0 amide bonds. The lowest BCUT2D eigenvalue weighted by Crippen LogP contribution is -2.32. The zero-order valence-corrected chi connectivity index (χ0v) is 44.9. The number of aryl methyl sites for hydroxylation is 3. The molecule has 0 fully saturated rings. The lowest BCUT2D eigenvalue weighted by atomic mass is 9.92. The van der Waals surface area contributed by atoms with Gasteiger partial charge in [0.2, 0.25) is 0 Å². The molecule has 4 bridgehead atoms. The van der Waals surface area contributed by atoms with Crippen LogP contribution in [0.1, 0.15) is 85.6 Å². The average Bonchev–Trinajstić information content (AvgIpc) is 3.85. The molecule has 0 aliphatic carbocycles. The summed E-state index contributed by atoms with van der Waals surface area (Å²) in [6.45, 7) is 4.19. The highest BCUT2D eigenvalue weighted by atomic mass is 16.6. The van der Waals surface area contributed by atoms with E-state index < -0.39 is 49.8 Å². The number of hydrogen-bond donors (Lipinski definition) is 10. The van der Waals surface area contributed by atoms with Crippen molar-refractivity contribution in [3.05, 3.63) is 207 Å². The highest BCUT2D eigenvalue weighted by Gasteiger charge is 2.32. The smallest absolute Gasteiger partial charge is 0.163 e. The number of phenolic OH excluding ortho intramolecular Hbond substituents is 6. The van der Waals surface area contributed by atoms with E-state index in [1.54, 1.807) is 79.7 Å². The quantitative estimate of drug-likeness (QED) is 0.0303. The van der Waals surface area contributed by atoms with Crippen molar-refractivity contribution >= 4 is 0 Å². The summed E-state index contributed by atoms with van der Waals surface area (Å²) in [6, 6.07) is 39.0. The van der Waals surface area contributed by atoms with Crippen LogP contribution in [0.15, 0.2) is 146 Å². The molecule has 17 nitrogen and oxygen atoms in total.